The van der Waals surface area contributed by atoms with Crippen LogP contribution in [0.2, 0.25) is 0 Å². The third-order valence-corrected chi connectivity index (χ3v) is 6.80. The zero-order chi connectivity index (χ0) is 16.9. The summed E-state index contributed by atoms with van der Waals surface area (Å²) in [4.78, 5) is 8.03. The number of fused-ring (bicyclic) bond motifs is 2. The lowest BCUT2D eigenvalue weighted by atomic mass is 9.83. The van der Waals surface area contributed by atoms with Gasteiger partial charge in [-0.25, -0.2) is 0 Å². The van der Waals surface area contributed by atoms with Gasteiger partial charge in [-0.2, -0.15) is 0 Å². The Morgan fingerprint density at radius 3 is 2.52 bits per heavy atom. The average molecular weight is 341 g/mol. The molecule has 1 aromatic rings. The first-order valence-electron chi connectivity index (χ1n) is 10.1. The number of hydrogen-bond donors (Lipinski definition) is 1. The number of rotatable bonds is 5. The summed E-state index contributed by atoms with van der Waals surface area (Å²) in [5.74, 6) is 0.982. The van der Waals surface area contributed by atoms with Crippen LogP contribution in [0.5, 0.6) is 0 Å². The minimum absolute atomic E-state index is 0.117. The molecule has 3 saturated heterocycles. The lowest BCUT2D eigenvalue weighted by Crippen LogP contribution is -2.78. The Morgan fingerprint density at radius 1 is 1.00 bits per heavy atom. The molecule has 5 rings (SSSR count). The van der Waals surface area contributed by atoms with E-state index in [4.69, 9.17) is 0 Å². The van der Waals surface area contributed by atoms with Crippen molar-refractivity contribution in [3.63, 3.8) is 0 Å². The minimum Gasteiger partial charge on any atom is -0.392 e. The molecule has 4 fully saturated rings. The summed E-state index contributed by atoms with van der Waals surface area (Å²) in [6.45, 7) is 8.11. The number of likely N-dealkylation sites (tertiary alicyclic amines) is 1. The molecule has 3 aliphatic heterocycles. The molecule has 1 N–H and O–H groups in total. The fourth-order valence-electron chi connectivity index (χ4n) is 5.48. The summed E-state index contributed by atoms with van der Waals surface area (Å²) >= 11 is 0. The average Bonchev–Trinajstić information content (AvgIpc) is 3.31. The quantitative estimate of drug-likeness (QED) is 0.878. The molecule has 2 atom stereocenters. The van der Waals surface area contributed by atoms with Crippen LogP contribution in [0.3, 0.4) is 0 Å². The van der Waals surface area contributed by atoms with E-state index in [1.165, 1.54) is 44.6 Å². The highest BCUT2D eigenvalue weighted by Gasteiger charge is 2.56. The molecule has 1 saturated carbocycles. The molecule has 3 heterocycles. The van der Waals surface area contributed by atoms with Crippen LogP contribution in [0.1, 0.15) is 24.8 Å². The van der Waals surface area contributed by atoms with E-state index in [-0.39, 0.29) is 6.10 Å². The second-order valence-electron chi connectivity index (χ2n) is 9.00. The van der Waals surface area contributed by atoms with E-state index in [0.29, 0.717) is 11.6 Å². The van der Waals surface area contributed by atoms with Crippen molar-refractivity contribution >= 4 is 0 Å². The van der Waals surface area contributed by atoms with Crippen LogP contribution in [0.4, 0.5) is 0 Å². The Bertz CT molecular complexity index is 596. The fourth-order valence-corrected chi connectivity index (χ4v) is 5.48. The minimum atomic E-state index is -0.117. The lowest BCUT2D eigenvalue weighted by Gasteiger charge is -2.61. The Kier molecular flexibility index (Phi) is 4.12. The summed E-state index contributed by atoms with van der Waals surface area (Å²) in [7, 11) is 0. The predicted octanol–water partition coefficient (Wildman–Crippen LogP) is 1.44. The largest absolute Gasteiger partial charge is 0.392 e. The Balaban J connectivity index is 1.25. The highest BCUT2D eigenvalue weighted by Crippen LogP contribution is 2.41. The van der Waals surface area contributed by atoms with Gasteiger partial charge in [0.25, 0.3) is 0 Å². The second kappa shape index (κ2) is 6.34. The smallest absolute Gasteiger partial charge is 0.0682 e. The highest BCUT2D eigenvalue weighted by molar-refractivity contribution is 5.16. The predicted molar refractivity (Wildman–Crippen MR) is 99.6 cm³/mol. The van der Waals surface area contributed by atoms with Crippen LogP contribution in [0.15, 0.2) is 30.3 Å². The summed E-state index contributed by atoms with van der Waals surface area (Å²) in [6.07, 6.45) is 4.87. The van der Waals surface area contributed by atoms with Gasteiger partial charge in [0, 0.05) is 51.9 Å². The van der Waals surface area contributed by atoms with Gasteiger partial charge in [-0.05, 0) is 37.2 Å². The van der Waals surface area contributed by atoms with Crippen molar-refractivity contribution in [3.8, 4) is 0 Å². The molecule has 136 valence electrons. The maximum atomic E-state index is 10.3. The van der Waals surface area contributed by atoms with Gasteiger partial charge in [0.05, 0.1) is 11.6 Å². The van der Waals surface area contributed by atoms with Crippen LogP contribution < -0.4 is 0 Å². The Morgan fingerprint density at radius 2 is 1.76 bits per heavy atom. The third-order valence-electron chi connectivity index (χ3n) is 6.80. The van der Waals surface area contributed by atoms with Gasteiger partial charge < -0.3 is 5.11 Å². The maximum absolute atomic E-state index is 10.3. The molecule has 1 spiro atoms. The van der Waals surface area contributed by atoms with Crippen LogP contribution in [-0.4, -0.2) is 83.3 Å². The standard InChI is InChI=1S/C21H31N3O/c25-20-10-19-12-22(9-8-17-4-2-1-3-5-17)14-21(24(19)13-20)15-23(16-21)11-18-6-7-18/h1-5,18-20,25H,6-16H2/t19-,20-/m1/s1. The number of nitrogens with zero attached hydrogens (tertiary/aromatic N) is 3. The first-order chi connectivity index (χ1) is 12.2. The zero-order valence-electron chi connectivity index (χ0n) is 15.2. The van der Waals surface area contributed by atoms with E-state index in [0.717, 1.165) is 38.4 Å². The summed E-state index contributed by atoms with van der Waals surface area (Å²) in [5.41, 5.74) is 1.75. The Hall–Kier alpha value is -0.940. The van der Waals surface area contributed by atoms with Crippen molar-refractivity contribution in [2.45, 2.75) is 43.4 Å². The van der Waals surface area contributed by atoms with Gasteiger partial charge in [-0.15, -0.1) is 0 Å². The number of β-amino-alcohol motifs (C(OH)–C–C–N with tert-alkyl or cyclic N) is 1. The van der Waals surface area contributed by atoms with Crippen molar-refractivity contribution in [2.75, 3.05) is 45.8 Å². The number of piperazine rings is 1. The maximum Gasteiger partial charge on any atom is 0.0682 e. The van der Waals surface area contributed by atoms with E-state index >= 15 is 0 Å². The van der Waals surface area contributed by atoms with E-state index in [1.807, 2.05) is 0 Å². The number of aliphatic hydroxyl groups excluding tert-OH is 1. The number of aliphatic hydroxyl groups is 1. The molecular formula is C21H31N3O. The summed E-state index contributed by atoms with van der Waals surface area (Å²) < 4.78 is 0. The van der Waals surface area contributed by atoms with Crippen molar-refractivity contribution in [1.82, 2.24) is 14.7 Å². The lowest BCUT2D eigenvalue weighted by molar-refractivity contribution is -0.114. The molecule has 0 amide bonds. The van der Waals surface area contributed by atoms with E-state index < -0.39 is 0 Å². The summed E-state index contributed by atoms with van der Waals surface area (Å²) in [6, 6.07) is 11.4. The molecule has 0 aromatic heterocycles. The summed E-state index contributed by atoms with van der Waals surface area (Å²) in [5, 5.41) is 10.3. The highest BCUT2D eigenvalue weighted by atomic mass is 16.3. The molecule has 0 bridgehead atoms. The molecule has 25 heavy (non-hydrogen) atoms. The van der Waals surface area contributed by atoms with Gasteiger partial charge in [-0.1, -0.05) is 30.3 Å². The van der Waals surface area contributed by atoms with Crippen LogP contribution in [0.25, 0.3) is 0 Å². The van der Waals surface area contributed by atoms with Crippen molar-refractivity contribution in [1.29, 1.82) is 0 Å². The van der Waals surface area contributed by atoms with Crippen LogP contribution in [0, 0.1) is 5.92 Å². The number of hydrogen-bond acceptors (Lipinski definition) is 4. The molecule has 4 aliphatic rings. The molecular weight excluding hydrogens is 310 g/mol. The van der Waals surface area contributed by atoms with Crippen LogP contribution >= 0.6 is 0 Å². The third kappa shape index (κ3) is 3.25. The fraction of sp³-hybridized carbons (Fsp3) is 0.714. The van der Waals surface area contributed by atoms with Gasteiger partial charge >= 0.3 is 0 Å². The van der Waals surface area contributed by atoms with Gasteiger partial charge in [0.1, 0.15) is 0 Å². The number of benzene rings is 1. The first-order valence-corrected chi connectivity index (χ1v) is 10.1. The molecule has 1 aromatic carbocycles. The van der Waals surface area contributed by atoms with Crippen molar-refractivity contribution in [3.05, 3.63) is 35.9 Å². The van der Waals surface area contributed by atoms with Gasteiger partial charge in [0.2, 0.25) is 0 Å². The van der Waals surface area contributed by atoms with E-state index in [2.05, 4.69) is 45.0 Å². The van der Waals surface area contributed by atoms with E-state index in [9.17, 15) is 5.11 Å². The molecule has 0 radical (unpaired) electrons. The molecule has 4 heteroatoms. The van der Waals surface area contributed by atoms with Gasteiger partial charge in [0.15, 0.2) is 0 Å². The first kappa shape index (κ1) is 16.2. The monoisotopic (exact) mass is 341 g/mol. The Labute approximate surface area is 151 Å². The topological polar surface area (TPSA) is 30.0 Å². The van der Waals surface area contributed by atoms with Crippen LogP contribution in [-0.2, 0) is 6.42 Å². The second-order valence-corrected chi connectivity index (χ2v) is 9.00. The molecule has 1 aliphatic carbocycles. The molecule has 0 unspecified atom stereocenters. The normalized spacial score (nSPS) is 32.7. The molecule has 4 nitrogen and oxygen atoms in total. The SMILES string of the molecule is O[C@@H]1C[C@@H]2CN(CCc3ccccc3)CC3(CN(CC4CC4)C3)N2C1. The zero-order valence-corrected chi connectivity index (χ0v) is 15.2. The van der Waals surface area contributed by atoms with E-state index in [1.54, 1.807) is 0 Å². The van der Waals surface area contributed by atoms with Crippen molar-refractivity contribution < 1.29 is 5.11 Å². The van der Waals surface area contributed by atoms with Gasteiger partial charge in [-0.3, -0.25) is 14.7 Å². The van der Waals surface area contributed by atoms with Crippen molar-refractivity contribution in [2.24, 2.45) is 5.92 Å².